The lowest BCUT2D eigenvalue weighted by Gasteiger charge is -2.27. The van der Waals surface area contributed by atoms with Crippen LogP contribution in [0.1, 0.15) is 26.4 Å². The Morgan fingerprint density at radius 2 is 1.97 bits per heavy atom. The molecule has 2 N–H and O–H groups in total. The molecule has 2 heterocycles. The number of nitrogens with zero attached hydrogens (tertiary/aromatic N) is 1. The van der Waals surface area contributed by atoms with Gasteiger partial charge >= 0.3 is 0 Å². The molecule has 4 rings (SSSR count). The summed E-state index contributed by atoms with van der Waals surface area (Å²) in [5, 5.41) is 2.06. The quantitative estimate of drug-likeness (QED) is 0.610. The first kappa shape index (κ1) is 22.1. The lowest BCUT2D eigenvalue weighted by molar-refractivity contribution is 0.0735. The maximum atomic E-state index is 14.3. The van der Waals surface area contributed by atoms with Crippen molar-refractivity contribution in [2.24, 2.45) is 5.73 Å². The van der Waals surface area contributed by atoms with E-state index in [0.717, 1.165) is 6.42 Å². The number of hydrogen-bond acceptors (Lipinski definition) is 5. The first-order valence-electron chi connectivity index (χ1n) is 9.28. The van der Waals surface area contributed by atoms with Gasteiger partial charge in [0.1, 0.15) is 0 Å². The van der Waals surface area contributed by atoms with Crippen molar-refractivity contribution >= 4 is 29.7 Å². The van der Waals surface area contributed by atoms with E-state index in [9.17, 15) is 9.18 Å². The number of hydrogen-bond donors (Lipinski definition) is 1. The molecule has 2 aromatic carbocycles. The van der Waals surface area contributed by atoms with Crippen LogP contribution in [0.2, 0.25) is 0 Å². The summed E-state index contributed by atoms with van der Waals surface area (Å²) in [5.41, 5.74) is 7.88. The van der Waals surface area contributed by atoms with Crippen molar-refractivity contribution in [2.45, 2.75) is 19.5 Å². The van der Waals surface area contributed by atoms with Crippen molar-refractivity contribution in [3.63, 3.8) is 0 Å². The summed E-state index contributed by atoms with van der Waals surface area (Å²) in [6.45, 7) is 1.50. The molecule has 1 amide bonds. The molecule has 0 unspecified atom stereocenters. The predicted octanol–water partition coefficient (Wildman–Crippen LogP) is 4.77. The standard InChI is InChI=1S/C22H21FN2O3S.ClH/c1-27-19-5-3-15(22(26)25-8-6-21-16(13-25)7-9-29-21)11-20(19)28-18-4-2-14(12-24)10-17(18)23;/h2-5,7,9-11H,6,8,12-13,24H2,1H3;1H. The van der Waals surface area contributed by atoms with E-state index in [4.69, 9.17) is 15.2 Å². The lowest BCUT2D eigenvalue weighted by Crippen LogP contribution is -2.35. The molecule has 3 aromatic rings. The number of carbonyl (C=O) groups excluding carboxylic acids is 1. The molecule has 0 fully saturated rings. The van der Waals surface area contributed by atoms with Gasteiger partial charge in [-0.25, -0.2) is 4.39 Å². The van der Waals surface area contributed by atoms with Crippen LogP contribution in [0, 0.1) is 5.82 Å². The maximum Gasteiger partial charge on any atom is 0.254 e. The lowest BCUT2D eigenvalue weighted by atomic mass is 10.1. The number of amides is 1. The monoisotopic (exact) mass is 448 g/mol. The predicted molar refractivity (Wildman–Crippen MR) is 117 cm³/mol. The van der Waals surface area contributed by atoms with Gasteiger partial charge in [0.15, 0.2) is 23.1 Å². The Balaban J connectivity index is 0.00000256. The van der Waals surface area contributed by atoms with E-state index in [1.807, 2.05) is 4.90 Å². The van der Waals surface area contributed by atoms with E-state index in [-0.39, 0.29) is 36.4 Å². The summed E-state index contributed by atoms with van der Waals surface area (Å²) >= 11 is 1.73. The van der Waals surface area contributed by atoms with Gasteiger partial charge in [0.05, 0.1) is 7.11 Å². The maximum absolute atomic E-state index is 14.3. The molecule has 0 atom stereocenters. The second-order valence-electron chi connectivity index (χ2n) is 6.78. The second kappa shape index (κ2) is 9.47. The zero-order chi connectivity index (χ0) is 20.4. The Hall–Kier alpha value is -2.61. The van der Waals surface area contributed by atoms with Crippen molar-refractivity contribution in [1.82, 2.24) is 4.90 Å². The number of benzene rings is 2. The van der Waals surface area contributed by atoms with Gasteiger partial charge in [-0.2, -0.15) is 0 Å². The highest BCUT2D eigenvalue weighted by molar-refractivity contribution is 7.10. The summed E-state index contributed by atoms with van der Waals surface area (Å²) < 4.78 is 25.4. The second-order valence-corrected chi connectivity index (χ2v) is 7.78. The SMILES string of the molecule is COc1ccc(C(=O)N2CCc3sccc3C2)cc1Oc1ccc(CN)cc1F.Cl. The molecular formula is C22H22ClFN2O3S. The number of halogens is 2. The Morgan fingerprint density at radius 1 is 1.17 bits per heavy atom. The molecule has 0 saturated carbocycles. The number of ether oxygens (including phenoxy) is 2. The molecule has 0 spiro atoms. The normalized spacial score (nSPS) is 12.7. The third kappa shape index (κ3) is 4.43. The summed E-state index contributed by atoms with van der Waals surface area (Å²) in [5.74, 6) is 0.139. The molecule has 1 aliphatic rings. The molecule has 0 aliphatic carbocycles. The van der Waals surface area contributed by atoms with E-state index in [1.54, 1.807) is 35.6 Å². The van der Waals surface area contributed by atoms with E-state index in [2.05, 4.69) is 11.4 Å². The first-order valence-corrected chi connectivity index (χ1v) is 10.2. The first-order chi connectivity index (χ1) is 14.1. The molecule has 158 valence electrons. The molecule has 1 aromatic heterocycles. The number of nitrogens with two attached hydrogens (primary N) is 1. The summed E-state index contributed by atoms with van der Waals surface area (Å²) in [6, 6.07) is 11.6. The minimum absolute atomic E-state index is 0. The van der Waals surface area contributed by atoms with Crippen LogP contribution in [0.5, 0.6) is 17.2 Å². The largest absolute Gasteiger partial charge is 0.493 e. The van der Waals surface area contributed by atoms with Gasteiger partial charge in [-0.15, -0.1) is 23.7 Å². The smallest absolute Gasteiger partial charge is 0.254 e. The Labute approximate surface area is 184 Å². The van der Waals surface area contributed by atoms with E-state index >= 15 is 0 Å². The number of fused-ring (bicyclic) bond motifs is 1. The zero-order valence-electron chi connectivity index (χ0n) is 16.4. The molecule has 5 nitrogen and oxygen atoms in total. The third-order valence-electron chi connectivity index (χ3n) is 4.96. The van der Waals surface area contributed by atoms with Gasteiger partial charge in [0, 0.05) is 30.1 Å². The van der Waals surface area contributed by atoms with Gasteiger partial charge in [0.2, 0.25) is 0 Å². The summed E-state index contributed by atoms with van der Waals surface area (Å²) in [7, 11) is 1.50. The van der Waals surface area contributed by atoms with Crippen molar-refractivity contribution in [3.8, 4) is 17.2 Å². The van der Waals surface area contributed by atoms with Gasteiger partial charge < -0.3 is 20.1 Å². The number of methoxy groups -OCH3 is 1. The van der Waals surface area contributed by atoms with Gasteiger partial charge in [-0.05, 0) is 59.3 Å². The van der Waals surface area contributed by atoms with Crippen LogP contribution in [0.15, 0.2) is 47.8 Å². The van der Waals surface area contributed by atoms with Gasteiger partial charge in [-0.3, -0.25) is 4.79 Å². The zero-order valence-corrected chi connectivity index (χ0v) is 18.0. The van der Waals surface area contributed by atoms with Gasteiger partial charge in [-0.1, -0.05) is 6.07 Å². The Bertz CT molecular complexity index is 1060. The van der Waals surface area contributed by atoms with Crippen molar-refractivity contribution < 1.29 is 18.7 Å². The van der Waals surface area contributed by atoms with E-state index in [1.165, 1.54) is 29.7 Å². The highest BCUT2D eigenvalue weighted by Gasteiger charge is 2.23. The average Bonchev–Trinajstić information content (AvgIpc) is 3.22. The van der Waals surface area contributed by atoms with Crippen LogP contribution in [-0.4, -0.2) is 24.5 Å². The molecule has 0 radical (unpaired) electrons. The summed E-state index contributed by atoms with van der Waals surface area (Å²) in [6.07, 6.45) is 0.858. The van der Waals surface area contributed by atoms with Crippen LogP contribution in [0.25, 0.3) is 0 Å². The number of carbonyl (C=O) groups is 1. The van der Waals surface area contributed by atoms with Crippen LogP contribution in [-0.2, 0) is 19.5 Å². The molecule has 0 saturated heterocycles. The number of rotatable bonds is 5. The van der Waals surface area contributed by atoms with Crippen LogP contribution in [0.4, 0.5) is 4.39 Å². The van der Waals surface area contributed by atoms with Gasteiger partial charge in [0.25, 0.3) is 5.91 Å². The van der Waals surface area contributed by atoms with E-state index < -0.39 is 5.82 Å². The highest BCUT2D eigenvalue weighted by atomic mass is 35.5. The molecule has 0 bridgehead atoms. The molecule has 30 heavy (non-hydrogen) atoms. The fraction of sp³-hybridized carbons (Fsp3) is 0.227. The topological polar surface area (TPSA) is 64.8 Å². The fourth-order valence-electron chi connectivity index (χ4n) is 3.37. The van der Waals surface area contributed by atoms with Crippen LogP contribution < -0.4 is 15.2 Å². The minimum atomic E-state index is -0.521. The van der Waals surface area contributed by atoms with Crippen LogP contribution >= 0.6 is 23.7 Å². The fourth-order valence-corrected chi connectivity index (χ4v) is 4.26. The molecular weight excluding hydrogens is 427 g/mol. The molecule has 8 heteroatoms. The Morgan fingerprint density at radius 3 is 2.70 bits per heavy atom. The van der Waals surface area contributed by atoms with Crippen molar-refractivity contribution in [3.05, 3.63) is 75.2 Å². The minimum Gasteiger partial charge on any atom is -0.493 e. The van der Waals surface area contributed by atoms with E-state index in [0.29, 0.717) is 30.0 Å². The Kier molecular flexibility index (Phi) is 6.97. The summed E-state index contributed by atoms with van der Waals surface area (Å²) in [4.78, 5) is 16.2. The van der Waals surface area contributed by atoms with Crippen LogP contribution in [0.3, 0.4) is 0 Å². The third-order valence-corrected chi connectivity index (χ3v) is 5.98. The van der Waals surface area contributed by atoms with Crippen molar-refractivity contribution in [2.75, 3.05) is 13.7 Å². The highest BCUT2D eigenvalue weighted by Crippen LogP contribution is 2.34. The molecule has 1 aliphatic heterocycles. The van der Waals surface area contributed by atoms with Crippen molar-refractivity contribution in [1.29, 1.82) is 0 Å². The number of thiophene rings is 1. The average molecular weight is 449 g/mol.